The van der Waals surface area contributed by atoms with E-state index in [0.717, 1.165) is 57.8 Å². The Morgan fingerprint density at radius 3 is 1.45 bits per heavy atom. The van der Waals surface area contributed by atoms with Crippen molar-refractivity contribution in [2.75, 3.05) is 40.9 Å². The molecule has 0 spiro atoms. The van der Waals surface area contributed by atoms with E-state index in [9.17, 15) is 19.4 Å². The van der Waals surface area contributed by atoms with E-state index in [1.165, 1.54) is 141 Å². The zero-order valence-electron chi connectivity index (χ0n) is 37.2. The number of carbonyl (C=O) groups is 1. The number of nitrogens with one attached hydrogen (secondary N) is 1. The first-order chi connectivity index (χ1) is 26.5. The fraction of sp³-hybridized carbons (Fsp3) is 0.935. The molecule has 0 aromatic heterocycles. The first-order valence-corrected chi connectivity index (χ1v) is 25.0. The van der Waals surface area contributed by atoms with Gasteiger partial charge in [0.25, 0.3) is 0 Å². The molecule has 8 nitrogen and oxygen atoms in total. The molecule has 3 N–H and O–H groups in total. The summed E-state index contributed by atoms with van der Waals surface area (Å²) in [6.45, 7) is 4.85. The predicted molar refractivity (Wildman–Crippen MR) is 235 cm³/mol. The molecule has 0 rings (SSSR count). The number of hydrogen-bond acceptors (Lipinski definition) is 5. The maximum Gasteiger partial charge on any atom is 0.472 e. The van der Waals surface area contributed by atoms with Crippen LogP contribution in [0.5, 0.6) is 0 Å². The lowest BCUT2D eigenvalue weighted by atomic mass is 10.0. The predicted octanol–water partition coefficient (Wildman–Crippen LogP) is 13.1. The van der Waals surface area contributed by atoms with Crippen molar-refractivity contribution in [3.05, 3.63) is 12.2 Å². The van der Waals surface area contributed by atoms with Gasteiger partial charge in [0.2, 0.25) is 5.91 Å². The molecule has 0 aliphatic carbocycles. The molecular weight excluding hydrogens is 707 g/mol. The summed E-state index contributed by atoms with van der Waals surface area (Å²) in [7, 11) is 1.61. The second kappa shape index (κ2) is 38.7. The van der Waals surface area contributed by atoms with Crippen molar-refractivity contribution in [2.24, 2.45) is 0 Å². The van der Waals surface area contributed by atoms with E-state index >= 15 is 0 Å². The van der Waals surface area contributed by atoms with Crippen molar-refractivity contribution < 1.29 is 32.9 Å². The second-order valence-electron chi connectivity index (χ2n) is 17.5. The monoisotopic (exact) mass is 802 g/mol. The lowest BCUT2D eigenvalue weighted by molar-refractivity contribution is -0.870. The van der Waals surface area contributed by atoms with E-state index < -0.39 is 20.0 Å². The van der Waals surface area contributed by atoms with Crippen molar-refractivity contribution >= 4 is 13.7 Å². The molecular formula is C46H94N2O6P+. The van der Waals surface area contributed by atoms with Crippen molar-refractivity contribution in [2.45, 2.75) is 238 Å². The number of phosphoric acid groups is 1. The van der Waals surface area contributed by atoms with Crippen LogP contribution in [-0.4, -0.2) is 73.4 Å². The fourth-order valence-corrected chi connectivity index (χ4v) is 7.70. The van der Waals surface area contributed by atoms with E-state index in [1.54, 1.807) is 0 Å². The van der Waals surface area contributed by atoms with Gasteiger partial charge < -0.3 is 19.8 Å². The Balaban J connectivity index is 4.17. The summed E-state index contributed by atoms with van der Waals surface area (Å²) in [6.07, 6.45) is 44.0. The largest absolute Gasteiger partial charge is 0.472 e. The summed E-state index contributed by atoms with van der Waals surface area (Å²) < 4.78 is 23.6. The Bertz CT molecular complexity index is 911. The van der Waals surface area contributed by atoms with Gasteiger partial charge in [-0.2, -0.15) is 0 Å². The summed E-state index contributed by atoms with van der Waals surface area (Å²) in [5.41, 5.74) is 0. The molecule has 0 aliphatic heterocycles. The molecule has 9 heteroatoms. The zero-order chi connectivity index (χ0) is 40.7. The number of phosphoric ester groups is 1. The number of aliphatic hydroxyl groups is 1. The Morgan fingerprint density at radius 1 is 0.600 bits per heavy atom. The summed E-state index contributed by atoms with van der Waals surface area (Å²) in [5, 5.41) is 13.9. The molecule has 0 bridgehead atoms. The third-order valence-electron chi connectivity index (χ3n) is 10.8. The van der Waals surface area contributed by atoms with Crippen LogP contribution in [0.3, 0.4) is 0 Å². The topological polar surface area (TPSA) is 105 Å². The van der Waals surface area contributed by atoms with Gasteiger partial charge >= 0.3 is 7.82 Å². The zero-order valence-corrected chi connectivity index (χ0v) is 38.1. The summed E-state index contributed by atoms with van der Waals surface area (Å²) in [5.74, 6) is -0.157. The number of amides is 1. The first-order valence-electron chi connectivity index (χ1n) is 23.6. The van der Waals surface area contributed by atoms with E-state index in [-0.39, 0.29) is 19.1 Å². The lowest BCUT2D eigenvalue weighted by Crippen LogP contribution is -2.46. The number of nitrogens with zero attached hydrogens (tertiary/aromatic N) is 1. The number of allylic oxidation sites excluding steroid dienone is 2. The highest BCUT2D eigenvalue weighted by Crippen LogP contribution is 2.43. The van der Waals surface area contributed by atoms with Crippen molar-refractivity contribution in [1.82, 2.24) is 5.32 Å². The van der Waals surface area contributed by atoms with Crippen LogP contribution in [-0.2, 0) is 18.4 Å². The van der Waals surface area contributed by atoms with Gasteiger partial charge in [0.1, 0.15) is 13.2 Å². The quantitative estimate of drug-likeness (QED) is 0.0245. The molecule has 55 heavy (non-hydrogen) atoms. The van der Waals surface area contributed by atoms with E-state index in [0.29, 0.717) is 23.9 Å². The number of likely N-dealkylation sites (N-methyl/N-ethyl adjacent to an activating group) is 1. The number of rotatable bonds is 43. The van der Waals surface area contributed by atoms with Crippen LogP contribution in [0.15, 0.2) is 12.2 Å². The summed E-state index contributed by atoms with van der Waals surface area (Å²) >= 11 is 0. The highest BCUT2D eigenvalue weighted by atomic mass is 31.2. The summed E-state index contributed by atoms with van der Waals surface area (Å²) in [6, 6.07) is -0.761. The van der Waals surface area contributed by atoms with Gasteiger partial charge in [-0.1, -0.05) is 199 Å². The number of aliphatic hydroxyl groups excluding tert-OH is 1. The Labute approximate surface area is 342 Å². The normalized spacial score (nSPS) is 14.4. The number of unbranched alkanes of at least 4 members (excludes halogenated alkanes) is 28. The van der Waals surface area contributed by atoms with Crippen LogP contribution in [0.25, 0.3) is 0 Å². The highest BCUT2D eigenvalue weighted by Gasteiger charge is 2.28. The van der Waals surface area contributed by atoms with Gasteiger partial charge in [-0.15, -0.1) is 0 Å². The van der Waals surface area contributed by atoms with E-state index in [2.05, 4.69) is 31.3 Å². The van der Waals surface area contributed by atoms with Gasteiger partial charge in [-0.05, 0) is 32.1 Å². The van der Waals surface area contributed by atoms with Gasteiger partial charge in [0.15, 0.2) is 0 Å². The molecule has 328 valence electrons. The average molecular weight is 802 g/mol. The van der Waals surface area contributed by atoms with Gasteiger partial charge in [0.05, 0.1) is 39.9 Å². The molecule has 0 aliphatic rings. The SMILES string of the molecule is CCCC/C=C\CCCCCCC(=O)NC(COP(=O)(O)OCC[N+](C)(C)C)C(O)CCCCCCCCCCCCCCCCCCCCCCCCC. The summed E-state index contributed by atoms with van der Waals surface area (Å²) in [4.78, 5) is 23.1. The third kappa shape index (κ3) is 41.2. The highest BCUT2D eigenvalue weighted by molar-refractivity contribution is 7.47. The van der Waals surface area contributed by atoms with Crippen LogP contribution in [0.2, 0.25) is 0 Å². The fourth-order valence-electron chi connectivity index (χ4n) is 6.97. The number of hydrogen-bond donors (Lipinski definition) is 3. The second-order valence-corrected chi connectivity index (χ2v) is 18.9. The first kappa shape index (κ1) is 54.2. The van der Waals surface area contributed by atoms with Gasteiger partial charge in [-0.3, -0.25) is 13.8 Å². The van der Waals surface area contributed by atoms with Crippen LogP contribution in [0.4, 0.5) is 0 Å². The number of quaternary nitrogens is 1. The van der Waals surface area contributed by atoms with Crippen LogP contribution < -0.4 is 5.32 Å². The molecule has 0 fully saturated rings. The average Bonchev–Trinajstić information content (AvgIpc) is 3.13. The maximum absolute atomic E-state index is 12.8. The molecule has 3 atom stereocenters. The number of carbonyl (C=O) groups excluding carboxylic acids is 1. The standard InChI is InChI=1S/C46H93N2O6P/c1-6-8-10-12-14-16-18-19-20-21-22-23-24-25-26-27-28-29-30-31-33-35-37-39-45(49)44(43-54-55(51,52)53-42-41-48(3,4)5)47-46(50)40-38-36-34-32-17-15-13-11-9-7-2/h13,15,44-45,49H,6-12,14,16-43H2,1-5H3,(H-,47,50,51,52)/p+1/b15-13-. The Hall–Kier alpha value is -0.760. The van der Waals surface area contributed by atoms with E-state index in [4.69, 9.17) is 9.05 Å². The maximum atomic E-state index is 12.8. The molecule has 1 amide bonds. The van der Waals surface area contributed by atoms with Crippen molar-refractivity contribution in [3.63, 3.8) is 0 Å². The molecule has 0 saturated heterocycles. The molecule has 3 unspecified atom stereocenters. The lowest BCUT2D eigenvalue weighted by Gasteiger charge is -2.26. The van der Waals surface area contributed by atoms with Crippen LogP contribution >= 0.6 is 7.82 Å². The third-order valence-corrected chi connectivity index (χ3v) is 11.7. The molecule has 0 aromatic rings. The van der Waals surface area contributed by atoms with Crippen molar-refractivity contribution in [3.8, 4) is 0 Å². The Kier molecular flexibility index (Phi) is 38.2. The minimum atomic E-state index is -4.31. The van der Waals surface area contributed by atoms with Crippen LogP contribution in [0.1, 0.15) is 226 Å². The Morgan fingerprint density at radius 2 is 1.00 bits per heavy atom. The molecule has 0 heterocycles. The molecule has 0 saturated carbocycles. The van der Waals surface area contributed by atoms with Crippen LogP contribution in [0, 0.1) is 0 Å². The van der Waals surface area contributed by atoms with Gasteiger partial charge in [0, 0.05) is 6.42 Å². The minimum absolute atomic E-state index is 0.0743. The van der Waals surface area contributed by atoms with E-state index in [1.807, 2.05) is 21.1 Å². The molecule has 0 aromatic carbocycles. The molecule has 0 radical (unpaired) electrons. The minimum Gasteiger partial charge on any atom is -0.391 e. The van der Waals surface area contributed by atoms with Crippen molar-refractivity contribution in [1.29, 1.82) is 0 Å². The van der Waals surface area contributed by atoms with Gasteiger partial charge in [-0.25, -0.2) is 4.57 Å². The smallest absolute Gasteiger partial charge is 0.391 e.